The molecule has 0 aromatic heterocycles. The van der Waals surface area contributed by atoms with Crippen LogP contribution in [0.1, 0.15) is 10.4 Å². The zero-order chi connectivity index (χ0) is 19.4. The molecule has 0 fully saturated rings. The predicted molar refractivity (Wildman–Crippen MR) is 95.2 cm³/mol. The van der Waals surface area contributed by atoms with Gasteiger partial charge in [0.1, 0.15) is 5.70 Å². The number of carboxylic acid groups (broad SMARTS) is 1. The van der Waals surface area contributed by atoms with E-state index in [4.69, 9.17) is 32.7 Å². The van der Waals surface area contributed by atoms with Gasteiger partial charge in [0, 0.05) is 6.20 Å². The van der Waals surface area contributed by atoms with Crippen LogP contribution in [-0.2, 0) is 19.1 Å². The molecular formula is C17H13Cl2NO6. The highest BCUT2D eigenvalue weighted by Gasteiger charge is 2.29. The predicted octanol–water partition coefficient (Wildman–Crippen LogP) is 3.18. The molecule has 1 aromatic rings. The summed E-state index contributed by atoms with van der Waals surface area (Å²) in [6.45, 7) is 0. The third kappa shape index (κ3) is 3.74. The first-order valence-corrected chi connectivity index (χ1v) is 7.84. The number of methoxy groups -OCH3 is 2. The van der Waals surface area contributed by atoms with Gasteiger partial charge in [0.05, 0.1) is 41.1 Å². The molecule has 0 saturated heterocycles. The van der Waals surface area contributed by atoms with Crippen LogP contribution in [0.5, 0.6) is 0 Å². The van der Waals surface area contributed by atoms with Crippen molar-refractivity contribution in [2.45, 2.75) is 0 Å². The summed E-state index contributed by atoms with van der Waals surface area (Å²) < 4.78 is 9.47. The number of aromatic carboxylic acids is 1. The lowest BCUT2D eigenvalue weighted by Gasteiger charge is -2.24. The number of rotatable bonds is 4. The van der Waals surface area contributed by atoms with Crippen LogP contribution < -0.4 is 4.90 Å². The average molecular weight is 398 g/mol. The third-order valence-corrected chi connectivity index (χ3v) is 4.03. The summed E-state index contributed by atoms with van der Waals surface area (Å²) >= 11 is 12.1. The average Bonchev–Trinajstić information content (AvgIpc) is 2.83. The Balaban J connectivity index is 2.77. The number of hydrogen-bond acceptors (Lipinski definition) is 6. The van der Waals surface area contributed by atoms with Crippen molar-refractivity contribution in [3.05, 3.63) is 63.4 Å². The molecule has 0 bridgehead atoms. The first-order chi connectivity index (χ1) is 12.3. The van der Waals surface area contributed by atoms with Crippen molar-refractivity contribution in [1.82, 2.24) is 0 Å². The Hall–Kier alpha value is -2.77. The molecule has 1 aliphatic rings. The number of carbonyl (C=O) groups is 3. The lowest BCUT2D eigenvalue weighted by atomic mass is 10.1. The van der Waals surface area contributed by atoms with Gasteiger partial charge in [0.15, 0.2) is 0 Å². The van der Waals surface area contributed by atoms with Crippen molar-refractivity contribution in [2.75, 3.05) is 19.1 Å². The minimum atomic E-state index is -1.28. The number of ether oxygens (including phenoxy) is 2. The lowest BCUT2D eigenvalue weighted by Crippen LogP contribution is -2.27. The van der Waals surface area contributed by atoms with Gasteiger partial charge in [-0.05, 0) is 24.3 Å². The SMILES string of the molecule is COC(=O)C1=C(C(=O)OC)N(c2cc(C(=O)O)c(Cl)cc2Cl)C=CC=C1. The smallest absolute Gasteiger partial charge is 0.355 e. The van der Waals surface area contributed by atoms with E-state index >= 15 is 0 Å². The van der Waals surface area contributed by atoms with Gasteiger partial charge in [-0.2, -0.15) is 0 Å². The molecule has 7 nitrogen and oxygen atoms in total. The van der Waals surface area contributed by atoms with Crippen molar-refractivity contribution in [2.24, 2.45) is 0 Å². The Morgan fingerprint density at radius 3 is 2.23 bits per heavy atom. The Morgan fingerprint density at radius 1 is 1.00 bits per heavy atom. The van der Waals surface area contributed by atoms with Crippen LogP contribution in [0.3, 0.4) is 0 Å². The number of esters is 2. The summed E-state index contributed by atoms with van der Waals surface area (Å²) in [4.78, 5) is 37.1. The molecule has 0 spiro atoms. The zero-order valence-corrected chi connectivity index (χ0v) is 15.2. The summed E-state index contributed by atoms with van der Waals surface area (Å²) in [7, 11) is 2.31. The van der Waals surface area contributed by atoms with Crippen LogP contribution in [-0.4, -0.2) is 37.2 Å². The van der Waals surface area contributed by atoms with Crippen molar-refractivity contribution in [3.63, 3.8) is 0 Å². The maximum Gasteiger partial charge on any atom is 0.355 e. The number of allylic oxidation sites excluding steroid dienone is 2. The van der Waals surface area contributed by atoms with Crippen molar-refractivity contribution in [1.29, 1.82) is 0 Å². The van der Waals surface area contributed by atoms with E-state index in [9.17, 15) is 19.5 Å². The van der Waals surface area contributed by atoms with Crippen LogP contribution in [0, 0.1) is 0 Å². The van der Waals surface area contributed by atoms with Crippen LogP contribution in [0.25, 0.3) is 0 Å². The number of nitrogens with zero attached hydrogens (tertiary/aromatic N) is 1. The monoisotopic (exact) mass is 397 g/mol. The van der Waals surface area contributed by atoms with Crippen LogP contribution in [0.2, 0.25) is 10.0 Å². The van der Waals surface area contributed by atoms with Gasteiger partial charge in [-0.15, -0.1) is 0 Å². The van der Waals surface area contributed by atoms with E-state index in [1.54, 1.807) is 0 Å². The first kappa shape index (κ1) is 19.6. The summed E-state index contributed by atoms with van der Waals surface area (Å²) in [6, 6.07) is 2.43. The minimum Gasteiger partial charge on any atom is -0.478 e. The molecule has 1 N–H and O–H groups in total. The second-order valence-electron chi connectivity index (χ2n) is 4.90. The Bertz CT molecular complexity index is 872. The van der Waals surface area contributed by atoms with Crippen LogP contribution in [0.4, 0.5) is 5.69 Å². The van der Waals surface area contributed by atoms with Crippen molar-refractivity contribution >= 4 is 46.8 Å². The van der Waals surface area contributed by atoms with Gasteiger partial charge in [0.2, 0.25) is 0 Å². The van der Waals surface area contributed by atoms with Crippen molar-refractivity contribution in [3.8, 4) is 0 Å². The molecule has 26 heavy (non-hydrogen) atoms. The van der Waals surface area contributed by atoms with E-state index in [1.165, 1.54) is 48.6 Å². The lowest BCUT2D eigenvalue weighted by molar-refractivity contribution is -0.139. The second kappa shape index (κ2) is 8.07. The molecule has 0 saturated carbocycles. The minimum absolute atomic E-state index is 0.0668. The van der Waals surface area contributed by atoms with Gasteiger partial charge in [-0.25, -0.2) is 14.4 Å². The highest BCUT2D eigenvalue weighted by molar-refractivity contribution is 6.38. The molecule has 0 amide bonds. The number of benzene rings is 1. The highest BCUT2D eigenvalue weighted by Crippen LogP contribution is 2.36. The number of carbonyl (C=O) groups excluding carboxylic acids is 2. The quantitative estimate of drug-likeness (QED) is 0.779. The van der Waals surface area contributed by atoms with E-state index in [1.807, 2.05) is 0 Å². The van der Waals surface area contributed by atoms with Gasteiger partial charge >= 0.3 is 17.9 Å². The van der Waals surface area contributed by atoms with E-state index in [-0.39, 0.29) is 32.6 Å². The summed E-state index contributed by atoms with van der Waals surface area (Å²) in [5.41, 5.74) is -0.382. The first-order valence-electron chi connectivity index (χ1n) is 7.09. The molecule has 1 heterocycles. The maximum atomic E-state index is 12.3. The topological polar surface area (TPSA) is 93.1 Å². The largest absolute Gasteiger partial charge is 0.478 e. The fraction of sp³-hybridized carbons (Fsp3) is 0.118. The molecule has 1 aromatic carbocycles. The maximum absolute atomic E-state index is 12.3. The number of anilines is 1. The van der Waals surface area contributed by atoms with Crippen LogP contribution in [0.15, 0.2) is 47.8 Å². The van der Waals surface area contributed by atoms with E-state index in [0.717, 1.165) is 7.11 Å². The van der Waals surface area contributed by atoms with Gasteiger partial charge in [0.25, 0.3) is 0 Å². The summed E-state index contributed by atoms with van der Waals surface area (Å²) in [5, 5.41) is 9.28. The van der Waals surface area contributed by atoms with E-state index < -0.39 is 17.9 Å². The number of carboxylic acids is 1. The number of halogens is 2. The van der Waals surface area contributed by atoms with Crippen LogP contribution >= 0.6 is 23.2 Å². The Kier molecular flexibility index (Phi) is 6.07. The molecule has 0 aliphatic carbocycles. The summed E-state index contributed by atoms with van der Waals surface area (Å²) in [6.07, 6.45) is 5.84. The zero-order valence-electron chi connectivity index (χ0n) is 13.7. The summed E-state index contributed by atoms with van der Waals surface area (Å²) in [5.74, 6) is -2.90. The molecule has 136 valence electrons. The molecule has 9 heteroatoms. The van der Waals surface area contributed by atoms with Gasteiger partial charge < -0.3 is 19.5 Å². The molecular weight excluding hydrogens is 385 g/mol. The Morgan fingerprint density at radius 2 is 1.65 bits per heavy atom. The molecule has 2 rings (SSSR count). The Labute approximate surface area is 158 Å². The molecule has 0 atom stereocenters. The molecule has 1 aliphatic heterocycles. The van der Waals surface area contributed by atoms with Gasteiger partial charge in [-0.1, -0.05) is 29.3 Å². The fourth-order valence-electron chi connectivity index (χ4n) is 2.24. The molecule has 0 unspecified atom stereocenters. The van der Waals surface area contributed by atoms with E-state index in [2.05, 4.69) is 0 Å². The fourth-order valence-corrected chi connectivity index (χ4v) is 2.79. The normalized spacial score (nSPS) is 13.5. The van der Waals surface area contributed by atoms with Gasteiger partial charge in [-0.3, -0.25) is 0 Å². The van der Waals surface area contributed by atoms with Crippen molar-refractivity contribution < 1.29 is 29.0 Å². The second-order valence-corrected chi connectivity index (χ2v) is 5.72. The third-order valence-electron chi connectivity index (χ3n) is 3.42. The molecule has 0 radical (unpaired) electrons. The van der Waals surface area contributed by atoms with E-state index in [0.29, 0.717) is 0 Å². The number of hydrogen-bond donors (Lipinski definition) is 1. The highest BCUT2D eigenvalue weighted by atomic mass is 35.5. The standard InChI is InChI=1S/C17H13Cl2NO6/c1-25-16(23)9-5-3-4-6-20(14(9)17(24)26-2)13-7-10(15(21)22)11(18)8-12(13)19/h3-8H,1-2H3,(H,21,22).